The maximum absolute atomic E-state index is 12.4. The molecule has 0 saturated carbocycles. The fraction of sp³-hybridized carbons (Fsp3) is 0.500. The fourth-order valence-electron chi connectivity index (χ4n) is 2.57. The van der Waals surface area contributed by atoms with Crippen LogP contribution in [0.5, 0.6) is 0 Å². The molecule has 2 amide bonds. The first-order valence-electron chi connectivity index (χ1n) is 7.50. The van der Waals surface area contributed by atoms with Gasteiger partial charge in [-0.2, -0.15) is 0 Å². The highest BCUT2D eigenvalue weighted by molar-refractivity contribution is 5.83. The quantitative estimate of drug-likeness (QED) is 0.874. The van der Waals surface area contributed by atoms with Gasteiger partial charge in [-0.25, -0.2) is 0 Å². The Hall–Kier alpha value is -1.88. The van der Waals surface area contributed by atoms with E-state index in [9.17, 15) is 9.59 Å². The topological polar surface area (TPSA) is 75.4 Å². The molecular formula is C16H23N3O2. The first-order chi connectivity index (χ1) is 10.1. The Morgan fingerprint density at radius 1 is 1.29 bits per heavy atom. The summed E-state index contributed by atoms with van der Waals surface area (Å²) in [7, 11) is 0. The Morgan fingerprint density at radius 2 is 1.90 bits per heavy atom. The molecule has 0 spiro atoms. The van der Waals surface area contributed by atoms with Gasteiger partial charge >= 0.3 is 0 Å². The third kappa shape index (κ3) is 4.04. The summed E-state index contributed by atoms with van der Waals surface area (Å²) in [4.78, 5) is 25.6. The normalized spacial score (nSPS) is 17.3. The van der Waals surface area contributed by atoms with E-state index in [0.717, 1.165) is 18.4 Å². The SMILES string of the molecule is CCC(=O)NC1CCN(C(=O)[C@H](N)c2ccccc2)CC1. The van der Waals surface area contributed by atoms with Gasteiger partial charge in [0.2, 0.25) is 11.8 Å². The summed E-state index contributed by atoms with van der Waals surface area (Å²) in [6.45, 7) is 3.13. The lowest BCUT2D eigenvalue weighted by atomic mass is 10.0. The third-order valence-electron chi connectivity index (χ3n) is 3.92. The predicted molar refractivity (Wildman–Crippen MR) is 81.4 cm³/mol. The monoisotopic (exact) mass is 289 g/mol. The van der Waals surface area contributed by atoms with Crippen molar-refractivity contribution in [3.05, 3.63) is 35.9 Å². The second kappa shape index (κ2) is 7.22. The van der Waals surface area contributed by atoms with Crippen molar-refractivity contribution < 1.29 is 9.59 Å². The van der Waals surface area contributed by atoms with E-state index in [1.54, 1.807) is 4.90 Å². The van der Waals surface area contributed by atoms with Crippen LogP contribution in [0.15, 0.2) is 30.3 Å². The van der Waals surface area contributed by atoms with Crippen molar-refractivity contribution in [2.75, 3.05) is 13.1 Å². The Labute approximate surface area is 125 Å². The van der Waals surface area contributed by atoms with Crippen molar-refractivity contribution >= 4 is 11.8 Å². The number of piperidine rings is 1. The summed E-state index contributed by atoms with van der Waals surface area (Å²) in [5, 5.41) is 2.98. The van der Waals surface area contributed by atoms with Crippen LogP contribution in [0.1, 0.15) is 37.8 Å². The molecule has 0 radical (unpaired) electrons. The van der Waals surface area contributed by atoms with Crippen LogP contribution in [0.3, 0.4) is 0 Å². The highest BCUT2D eigenvalue weighted by atomic mass is 16.2. The lowest BCUT2D eigenvalue weighted by Crippen LogP contribution is -2.48. The number of nitrogens with two attached hydrogens (primary N) is 1. The first kappa shape index (κ1) is 15.5. The molecule has 0 aromatic heterocycles. The van der Waals surface area contributed by atoms with Gasteiger partial charge in [0.05, 0.1) is 0 Å². The summed E-state index contributed by atoms with van der Waals surface area (Å²) in [5.74, 6) is 0.0298. The molecular weight excluding hydrogens is 266 g/mol. The van der Waals surface area contributed by atoms with Gasteiger partial charge < -0.3 is 16.0 Å². The number of hydrogen-bond donors (Lipinski definition) is 2. The maximum atomic E-state index is 12.4. The van der Waals surface area contributed by atoms with Crippen LogP contribution in [0.2, 0.25) is 0 Å². The van der Waals surface area contributed by atoms with E-state index in [1.807, 2.05) is 37.3 Å². The molecule has 1 aromatic carbocycles. The minimum absolute atomic E-state index is 0.0403. The summed E-state index contributed by atoms with van der Waals surface area (Å²) >= 11 is 0. The molecule has 0 unspecified atom stereocenters. The first-order valence-corrected chi connectivity index (χ1v) is 7.50. The molecule has 5 heteroatoms. The molecule has 5 nitrogen and oxygen atoms in total. The van der Waals surface area contributed by atoms with Crippen LogP contribution < -0.4 is 11.1 Å². The Kier molecular flexibility index (Phi) is 5.33. The van der Waals surface area contributed by atoms with E-state index in [2.05, 4.69) is 5.32 Å². The number of rotatable bonds is 4. The van der Waals surface area contributed by atoms with E-state index in [4.69, 9.17) is 5.73 Å². The number of nitrogens with zero attached hydrogens (tertiary/aromatic N) is 1. The Bertz CT molecular complexity index is 482. The van der Waals surface area contributed by atoms with Crippen molar-refractivity contribution in [2.45, 2.75) is 38.3 Å². The van der Waals surface area contributed by atoms with Crippen molar-refractivity contribution in [3.63, 3.8) is 0 Å². The second-order valence-electron chi connectivity index (χ2n) is 5.41. The van der Waals surface area contributed by atoms with Crippen LogP contribution in [0.4, 0.5) is 0 Å². The largest absolute Gasteiger partial charge is 0.353 e. The molecule has 0 bridgehead atoms. The van der Waals surface area contributed by atoms with Gasteiger partial charge in [0.25, 0.3) is 0 Å². The average molecular weight is 289 g/mol. The summed E-state index contributed by atoms with van der Waals surface area (Å²) < 4.78 is 0. The molecule has 2 rings (SSSR count). The molecule has 1 aromatic rings. The molecule has 1 heterocycles. The molecule has 21 heavy (non-hydrogen) atoms. The summed E-state index contributed by atoms with van der Waals surface area (Å²) in [5.41, 5.74) is 6.88. The lowest BCUT2D eigenvalue weighted by molar-refractivity contribution is -0.134. The van der Waals surface area contributed by atoms with Gasteiger partial charge in [0, 0.05) is 25.6 Å². The van der Waals surface area contributed by atoms with Crippen molar-refractivity contribution in [2.24, 2.45) is 5.73 Å². The number of likely N-dealkylation sites (tertiary alicyclic amines) is 1. The number of benzene rings is 1. The van der Waals surface area contributed by atoms with E-state index in [0.29, 0.717) is 19.5 Å². The highest BCUT2D eigenvalue weighted by Gasteiger charge is 2.27. The van der Waals surface area contributed by atoms with Gasteiger partial charge in [-0.15, -0.1) is 0 Å². The van der Waals surface area contributed by atoms with Crippen molar-refractivity contribution in [1.29, 1.82) is 0 Å². The van der Waals surface area contributed by atoms with Crippen molar-refractivity contribution in [3.8, 4) is 0 Å². The van der Waals surface area contributed by atoms with Crippen LogP contribution in [0, 0.1) is 0 Å². The van der Waals surface area contributed by atoms with Crippen LogP contribution in [-0.4, -0.2) is 35.8 Å². The van der Waals surface area contributed by atoms with Gasteiger partial charge in [0.15, 0.2) is 0 Å². The zero-order valence-corrected chi connectivity index (χ0v) is 12.4. The fourth-order valence-corrected chi connectivity index (χ4v) is 2.57. The second-order valence-corrected chi connectivity index (χ2v) is 5.41. The molecule has 1 atom stereocenters. The zero-order valence-electron chi connectivity index (χ0n) is 12.4. The standard InChI is InChI=1S/C16H23N3O2/c1-2-14(20)18-13-8-10-19(11-9-13)16(21)15(17)12-6-4-3-5-7-12/h3-7,13,15H,2,8-11,17H2,1H3,(H,18,20)/t15-/m1/s1. The summed E-state index contributed by atoms with van der Waals surface area (Å²) in [6, 6.07) is 8.99. The highest BCUT2D eigenvalue weighted by Crippen LogP contribution is 2.17. The van der Waals surface area contributed by atoms with Gasteiger partial charge in [0.1, 0.15) is 6.04 Å². The number of nitrogens with one attached hydrogen (secondary N) is 1. The molecule has 1 fully saturated rings. The van der Waals surface area contributed by atoms with E-state index < -0.39 is 6.04 Å². The number of amides is 2. The molecule has 114 valence electrons. The van der Waals surface area contributed by atoms with Crippen LogP contribution >= 0.6 is 0 Å². The Balaban J connectivity index is 1.87. The predicted octanol–water partition coefficient (Wildman–Crippen LogP) is 1.20. The number of carbonyl (C=O) groups is 2. The lowest BCUT2D eigenvalue weighted by Gasteiger charge is -2.33. The minimum atomic E-state index is -0.604. The zero-order chi connectivity index (χ0) is 15.2. The molecule has 1 aliphatic heterocycles. The Morgan fingerprint density at radius 3 is 2.48 bits per heavy atom. The summed E-state index contributed by atoms with van der Waals surface area (Å²) in [6.07, 6.45) is 2.08. The van der Waals surface area contributed by atoms with Crippen LogP contribution in [-0.2, 0) is 9.59 Å². The smallest absolute Gasteiger partial charge is 0.244 e. The molecule has 0 aliphatic carbocycles. The van der Waals surface area contributed by atoms with Crippen molar-refractivity contribution in [1.82, 2.24) is 10.2 Å². The third-order valence-corrected chi connectivity index (χ3v) is 3.92. The molecule has 1 saturated heterocycles. The van der Waals surface area contributed by atoms with Crippen LogP contribution in [0.25, 0.3) is 0 Å². The molecule has 1 aliphatic rings. The number of hydrogen-bond acceptors (Lipinski definition) is 3. The van der Waals surface area contributed by atoms with E-state index in [1.165, 1.54) is 0 Å². The maximum Gasteiger partial charge on any atom is 0.244 e. The minimum Gasteiger partial charge on any atom is -0.353 e. The average Bonchev–Trinajstić information content (AvgIpc) is 2.55. The van der Waals surface area contributed by atoms with E-state index >= 15 is 0 Å². The van der Waals surface area contributed by atoms with Gasteiger partial charge in [-0.05, 0) is 18.4 Å². The van der Waals surface area contributed by atoms with Gasteiger partial charge in [-0.1, -0.05) is 37.3 Å². The van der Waals surface area contributed by atoms with Gasteiger partial charge in [-0.3, -0.25) is 9.59 Å². The number of carbonyl (C=O) groups excluding carboxylic acids is 2. The molecule has 3 N–H and O–H groups in total. The van der Waals surface area contributed by atoms with E-state index in [-0.39, 0.29) is 17.9 Å².